The van der Waals surface area contributed by atoms with E-state index < -0.39 is 34.2 Å². The molecule has 8 heteroatoms. The number of nitro groups is 1. The molecular formula is C6H4F3N3O2. The molecule has 5 nitrogen and oxygen atoms in total. The molecule has 0 saturated carbocycles. The Kier molecular flexibility index (Phi) is 2.54. The maximum absolute atomic E-state index is 12.9. The Morgan fingerprint density at radius 2 is 2.14 bits per heavy atom. The van der Waals surface area contributed by atoms with Crippen LogP contribution in [0.5, 0.6) is 0 Å². The zero-order valence-corrected chi connectivity index (χ0v) is 6.58. The molecule has 1 aromatic heterocycles. The average molecular weight is 207 g/mol. The first-order valence-electron chi connectivity index (χ1n) is 3.31. The monoisotopic (exact) mass is 207 g/mol. The van der Waals surface area contributed by atoms with Crippen LogP contribution in [0.2, 0.25) is 0 Å². The molecule has 1 rings (SSSR count). The predicted molar refractivity (Wildman–Crippen MR) is 40.2 cm³/mol. The van der Waals surface area contributed by atoms with Crippen molar-refractivity contribution in [2.75, 3.05) is 5.73 Å². The Balaban J connectivity index is 3.45. The van der Waals surface area contributed by atoms with Crippen molar-refractivity contribution in [2.24, 2.45) is 0 Å². The summed E-state index contributed by atoms with van der Waals surface area (Å²) in [5.41, 5.74) is 2.48. The number of halogens is 3. The fourth-order valence-electron chi connectivity index (χ4n) is 0.850. The Morgan fingerprint density at radius 3 is 2.57 bits per heavy atom. The van der Waals surface area contributed by atoms with Crippen molar-refractivity contribution in [3.05, 3.63) is 27.7 Å². The second-order valence-electron chi connectivity index (χ2n) is 2.32. The van der Waals surface area contributed by atoms with Gasteiger partial charge in [0.25, 0.3) is 6.43 Å². The topological polar surface area (TPSA) is 82.0 Å². The number of anilines is 1. The summed E-state index contributed by atoms with van der Waals surface area (Å²) in [7, 11) is 0. The Hall–Kier alpha value is -1.86. The fraction of sp³-hybridized carbons (Fsp3) is 0.167. The zero-order chi connectivity index (χ0) is 10.9. The number of rotatable bonds is 2. The number of alkyl halides is 2. The normalized spacial score (nSPS) is 10.6. The number of hydrogen-bond acceptors (Lipinski definition) is 4. The minimum absolute atomic E-state index is 0.487. The first-order valence-corrected chi connectivity index (χ1v) is 3.31. The maximum atomic E-state index is 12.9. The lowest BCUT2D eigenvalue weighted by atomic mass is 10.2. The summed E-state index contributed by atoms with van der Waals surface area (Å²) < 4.78 is 37.2. The fourth-order valence-corrected chi connectivity index (χ4v) is 0.850. The van der Waals surface area contributed by atoms with Crippen LogP contribution in [-0.4, -0.2) is 9.91 Å². The average Bonchev–Trinajstić information content (AvgIpc) is 2.08. The van der Waals surface area contributed by atoms with Gasteiger partial charge in [-0.1, -0.05) is 0 Å². The van der Waals surface area contributed by atoms with Gasteiger partial charge in [0.05, 0.1) is 4.92 Å². The van der Waals surface area contributed by atoms with E-state index in [1.54, 1.807) is 0 Å². The van der Waals surface area contributed by atoms with E-state index in [9.17, 15) is 23.3 Å². The first kappa shape index (κ1) is 10.2. The SMILES string of the molecule is Nc1ncc(C(F)F)c([N+](=O)[O-])c1F. The van der Waals surface area contributed by atoms with E-state index in [-0.39, 0.29) is 0 Å². The Morgan fingerprint density at radius 1 is 1.57 bits per heavy atom. The number of aromatic nitrogens is 1. The molecule has 1 heterocycles. The Bertz CT molecular complexity index is 383. The quantitative estimate of drug-likeness (QED) is 0.590. The van der Waals surface area contributed by atoms with Crippen molar-refractivity contribution < 1.29 is 18.1 Å². The molecule has 0 bridgehead atoms. The summed E-state index contributed by atoms with van der Waals surface area (Å²) in [6.45, 7) is 0. The molecule has 0 spiro atoms. The number of nitrogens with zero attached hydrogens (tertiary/aromatic N) is 2. The van der Waals surface area contributed by atoms with Crippen LogP contribution in [0.25, 0.3) is 0 Å². The number of nitrogen functional groups attached to an aromatic ring is 1. The molecule has 0 saturated heterocycles. The van der Waals surface area contributed by atoms with Crippen LogP contribution < -0.4 is 5.73 Å². The molecule has 14 heavy (non-hydrogen) atoms. The van der Waals surface area contributed by atoms with Crippen LogP contribution in [0.15, 0.2) is 6.20 Å². The Labute approximate surface area is 75.5 Å². The molecule has 1 aromatic rings. The molecule has 2 N–H and O–H groups in total. The molecule has 0 fully saturated rings. The molecule has 0 aliphatic heterocycles. The second-order valence-corrected chi connectivity index (χ2v) is 2.32. The third-order valence-electron chi connectivity index (χ3n) is 1.47. The lowest BCUT2D eigenvalue weighted by Gasteiger charge is -2.02. The van der Waals surface area contributed by atoms with Crippen LogP contribution in [-0.2, 0) is 0 Å². The van der Waals surface area contributed by atoms with Crippen molar-refractivity contribution in [3.8, 4) is 0 Å². The van der Waals surface area contributed by atoms with Gasteiger partial charge >= 0.3 is 5.69 Å². The lowest BCUT2D eigenvalue weighted by Crippen LogP contribution is -2.04. The van der Waals surface area contributed by atoms with Gasteiger partial charge in [0.2, 0.25) is 5.82 Å². The molecule has 0 radical (unpaired) electrons. The number of pyridine rings is 1. The second kappa shape index (κ2) is 3.48. The summed E-state index contributed by atoms with van der Waals surface area (Å²) >= 11 is 0. The van der Waals surface area contributed by atoms with E-state index in [4.69, 9.17) is 5.73 Å². The van der Waals surface area contributed by atoms with Gasteiger partial charge in [0.15, 0.2) is 5.82 Å². The van der Waals surface area contributed by atoms with Gasteiger partial charge in [-0.05, 0) is 0 Å². The van der Waals surface area contributed by atoms with E-state index in [1.165, 1.54) is 0 Å². The molecule has 0 atom stereocenters. The number of hydrogen-bond donors (Lipinski definition) is 1. The molecular weight excluding hydrogens is 203 g/mol. The molecule has 0 aliphatic rings. The highest BCUT2D eigenvalue weighted by Gasteiger charge is 2.28. The smallest absolute Gasteiger partial charge is 0.319 e. The highest BCUT2D eigenvalue weighted by atomic mass is 19.3. The molecule has 0 aromatic carbocycles. The van der Waals surface area contributed by atoms with Gasteiger partial charge in [0.1, 0.15) is 5.56 Å². The van der Waals surface area contributed by atoms with Crippen molar-refractivity contribution in [3.63, 3.8) is 0 Å². The molecule has 0 aliphatic carbocycles. The standard InChI is InChI=1S/C6H4F3N3O2/c7-3-4(12(13)14)2(5(8)9)1-11-6(3)10/h1,5H,(H2,10,11). The van der Waals surface area contributed by atoms with Gasteiger partial charge in [0, 0.05) is 6.20 Å². The van der Waals surface area contributed by atoms with Crippen LogP contribution in [0.3, 0.4) is 0 Å². The maximum Gasteiger partial charge on any atom is 0.319 e. The summed E-state index contributed by atoms with van der Waals surface area (Å²) in [5.74, 6) is -2.31. The third kappa shape index (κ3) is 1.58. The first-order chi connectivity index (χ1) is 6.45. The molecule has 0 unspecified atom stereocenters. The zero-order valence-electron chi connectivity index (χ0n) is 6.58. The van der Waals surface area contributed by atoms with Crippen LogP contribution in [0, 0.1) is 15.9 Å². The van der Waals surface area contributed by atoms with Crippen LogP contribution in [0.4, 0.5) is 24.7 Å². The van der Waals surface area contributed by atoms with Crippen LogP contribution >= 0.6 is 0 Å². The largest absolute Gasteiger partial charge is 0.381 e. The minimum Gasteiger partial charge on any atom is -0.381 e. The van der Waals surface area contributed by atoms with E-state index >= 15 is 0 Å². The highest BCUT2D eigenvalue weighted by molar-refractivity contribution is 5.49. The molecule has 76 valence electrons. The van der Waals surface area contributed by atoms with E-state index in [2.05, 4.69) is 4.98 Å². The minimum atomic E-state index is -3.17. The summed E-state index contributed by atoms with van der Waals surface area (Å²) in [6, 6.07) is 0. The summed E-state index contributed by atoms with van der Waals surface area (Å²) in [4.78, 5) is 12.1. The van der Waals surface area contributed by atoms with Gasteiger partial charge in [-0.25, -0.2) is 13.8 Å². The highest BCUT2D eigenvalue weighted by Crippen LogP contribution is 2.32. The van der Waals surface area contributed by atoms with E-state index in [1.807, 2.05) is 0 Å². The van der Waals surface area contributed by atoms with Crippen molar-refractivity contribution in [2.45, 2.75) is 6.43 Å². The molecule has 0 amide bonds. The lowest BCUT2D eigenvalue weighted by molar-refractivity contribution is -0.389. The summed E-state index contributed by atoms with van der Waals surface area (Å²) in [6.07, 6.45) is -2.68. The van der Waals surface area contributed by atoms with Gasteiger partial charge in [-0.3, -0.25) is 10.1 Å². The van der Waals surface area contributed by atoms with Crippen molar-refractivity contribution in [1.82, 2.24) is 4.98 Å². The van der Waals surface area contributed by atoms with E-state index in [0.717, 1.165) is 0 Å². The summed E-state index contributed by atoms with van der Waals surface area (Å²) in [5, 5.41) is 10.2. The van der Waals surface area contributed by atoms with Crippen LogP contribution in [0.1, 0.15) is 12.0 Å². The third-order valence-corrected chi connectivity index (χ3v) is 1.47. The predicted octanol–water partition coefficient (Wildman–Crippen LogP) is 1.65. The van der Waals surface area contributed by atoms with Gasteiger partial charge in [-0.15, -0.1) is 0 Å². The van der Waals surface area contributed by atoms with Gasteiger partial charge in [-0.2, -0.15) is 4.39 Å². The van der Waals surface area contributed by atoms with Crippen molar-refractivity contribution in [1.29, 1.82) is 0 Å². The van der Waals surface area contributed by atoms with Gasteiger partial charge < -0.3 is 5.73 Å². The number of nitrogens with two attached hydrogens (primary N) is 1. The van der Waals surface area contributed by atoms with E-state index in [0.29, 0.717) is 6.20 Å². The van der Waals surface area contributed by atoms with Crippen molar-refractivity contribution >= 4 is 11.5 Å².